The number of benzene rings is 1. The van der Waals surface area contributed by atoms with Crippen molar-refractivity contribution in [2.75, 3.05) is 6.61 Å². The van der Waals surface area contributed by atoms with Gasteiger partial charge in [-0.15, -0.1) is 0 Å². The molecule has 2 nitrogen and oxygen atoms in total. The van der Waals surface area contributed by atoms with E-state index in [1.165, 1.54) is 0 Å². The first kappa shape index (κ1) is 9.25. The minimum absolute atomic E-state index is 0.0269. The van der Waals surface area contributed by atoms with Crippen molar-refractivity contribution in [2.45, 2.75) is 26.2 Å². The van der Waals surface area contributed by atoms with Gasteiger partial charge in [-0.05, 0) is 24.6 Å². The SMILES string of the molecule is Cc1cc(C=O)cc2c1OCC2(C)C. The first-order valence-corrected chi connectivity index (χ1v) is 4.78. The molecule has 0 spiro atoms. The number of aldehydes is 1. The minimum Gasteiger partial charge on any atom is -0.492 e. The number of fused-ring (bicyclic) bond motifs is 1. The highest BCUT2D eigenvalue weighted by Gasteiger charge is 2.32. The number of rotatable bonds is 1. The lowest BCUT2D eigenvalue weighted by atomic mass is 9.85. The number of aryl methyl sites for hydroxylation is 1. The van der Waals surface area contributed by atoms with Gasteiger partial charge in [0.2, 0.25) is 0 Å². The maximum Gasteiger partial charge on any atom is 0.150 e. The minimum atomic E-state index is 0.0269. The van der Waals surface area contributed by atoms with Crippen LogP contribution in [0.3, 0.4) is 0 Å². The van der Waals surface area contributed by atoms with E-state index in [1.807, 2.05) is 19.1 Å². The molecule has 0 N–H and O–H groups in total. The Labute approximate surface area is 83.9 Å². The monoisotopic (exact) mass is 190 g/mol. The predicted molar refractivity (Wildman–Crippen MR) is 55.1 cm³/mol. The van der Waals surface area contributed by atoms with Crippen LogP contribution in [0.1, 0.15) is 35.3 Å². The number of carbonyl (C=O) groups excluding carboxylic acids is 1. The molecule has 0 saturated heterocycles. The van der Waals surface area contributed by atoms with Crippen molar-refractivity contribution in [2.24, 2.45) is 0 Å². The van der Waals surface area contributed by atoms with Crippen molar-refractivity contribution in [3.8, 4) is 5.75 Å². The molecule has 0 fully saturated rings. The van der Waals surface area contributed by atoms with Crippen molar-refractivity contribution in [1.29, 1.82) is 0 Å². The number of hydrogen-bond donors (Lipinski definition) is 0. The Morgan fingerprint density at radius 3 is 2.79 bits per heavy atom. The summed E-state index contributed by atoms with van der Waals surface area (Å²) in [5.41, 5.74) is 2.97. The molecule has 74 valence electrons. The average molecular weight is 190 g/mol. The van der Waals surface area contributed by atoms with E-state index in [9.17, 15) is 4.79 Å². The van der Waals surface area contributed by atoms with E-state index >= 15 is 0 Å². The summed E-state index contributed by atoms with van der Waals surface area (Å²) in [6, 6.07) is 3.80. The molecule has 1 aromatic carbocycles. The molecule has 2 heteroatoms. The largest absolute Gasteiger partial charge is 0.492 e. The zero-order valence-corrected chi connectivity index (χ0v) is 8.76. The first-order chi connectivity index (χ1) is 6.54. The second kappa shape index (κ2) is 2.84. The fourth-order valence-corrected chi connectivity index (χ4v) is 1.89. The van der Waals surface area contributed by atoms with Gasteiger partial charge >= 0.3 is 0 Å². The molecule has 1 aromatic rings. The van der Waals surface area contributed by atoms with Gasteiger partial charge in [-0.1, -0.05) is 13.8 Å². The van der Waals surface area contributed by atoms with E-state index in [2.05, 4.69) is 13.8 Å². The van der Waals surface area contributed by atoms with Crippen LogP contribution in [0.2, 0.25) is 0 Å². The fourth-order valence-electron chi connectivity index (χ4n) is 1.89. The molecular weight excluding hydrogens is 176 g/mol. The van der Waals surface area contributed by atoms with E-state index in [4.69, 9.17) is 4.74 Å². The van der Waals surface area contributed by atoms with Gasteiger partial charge in [0.15, 0.2) is 0 Å². The summed E-state index contributed by atoms with van der Waals surface area (Å²) >= 11 is 0. The average Bonchev–Trinajstić information content (AvgIpc) is 2.43. The molecule has 14 heavy (non-hydrogen) atoms. The van der Waals surface area contributed by atoms with Crippen molar-refractivity contribution in [3.05, 3.63) is 28.8 Å². The summed E-state index contributed by atoms with van der Waals surface area (Å²) in [4.78, 5) is 10.7. The van der Waals surface area contributed by atoms with Crippen molar-refractivity contribution >= 4 is 6.29 Å². The lowest BCUT2D eigenvalue weighted by molar-refractivity contribution is 0.112. The highest BCUT2D eigenvalue weighted by Crippen LogP contribution is 2.40. The van der Waals surface area contributed by atoms with Crippen LogP contribution in [-0.4, -0.2) is 12.9 Å². The van der Waals surface area contributed by atoms with E-state index in [0.717, 1.165) is 28.7 Å². The van der Waals surface area contributed by atoms with E-state index in [-0.39, 0.29) is 5.41 Å². The molecule has 0 bridgehead atoms. The predicted octanol–water partition coefficient (Wildman–Crippen LogP) is 2.48. The third kappa shape index (κ3) is 1.22. The lowest BCUT2D eigenvalue weighted by Crippen LogP contribution is -2.18. The summed E-state index contributed by atoms with van der Waals surface area (Å²) in [5.74, 6) is 0.959. The second-order valence-corrected chi connectivity index (χ2v) is 4.50. The Kier molecular flexibility index (Phi) is 1.88. The van der Waals surface area contributed by atoms with Crippen LogP contribution in [-0.2, 0) is 5.41 Å². The summed E-state index contributed by atoms with van der Waals surface area (Å²) in [6.07, 6.45) is 0.891. The van der Waals surface area contributed by atoms with Gasteiger partial charge in [0.25, 0.3) is 0 Å². The Balaban J connectivity index is 2.65. The fraction of sp³-hybridized carbons (Fsp3) is 0.417. The van der Waals surface area contributed by atoms with Gasteiger partial charge in [0.05, 0.1) is 6.61 Å². The molecule has 0 amide bonds. The molecule has 0 atom stereocenters. The molecular formula is C12H14O2. The van der Waals surface area contributed by atoms with Crippen LogP contribution < -0.4 is 4.74 Å². The summed E-state index contributed by atoms with van der Waals surface area (Å²) in [7, 11) is 0. The number of ether oxygens (including phenoxy) is 1. The zero-order valence-electron chi connectivity index (χ0n) is 8.76. The molecule has 1 aliphatic heterocycles. The quantitative estimate of drug-likeness (QED) is 0.636. The Hall–Kier alpha value is -1.31. The topological polar surface area (TPSA) is 26.3 Å². The molecule has 2 rings (SSSR count). The normalized spacial score (nSPS) is 17.4. The molecule has 0 aromatic heterocycles. The van der Waals surface area contributed by atoms with E-state index in [0.29, 0.717) is 6.61 Å². The van der Waals surface area contributed by atoms with E-state index < -0.39 is 0 Å². The van der Waals surface area contributed by atoms with Crippen molar-refractivity contribution in [1.82, 2.24) is 0 Å². The molecule has 0 radical (unpaired) electrons. The van der Waals surface area contributed by atoms with Gasteiger partial charge < -0.3 is 4.74 Å². The maximum absolute atomic E-state index is 10.7. The van der Waals surface area contributed by atoms with Gasteiger partial charge in [-0.3, -0.25) is 4.79 Å². The third-order valence-corrected chi connectivity index (χ3v) is 2.74. The molecule has 0 unspecified atom stereocenters. The van der Waals surface area contributed by atoms with Crippen molar-refractivity contribution in [3.63, 3.8) is 0 Å². The zero-order chi connectivity index (χ0) is 10.3. The van der Waals surface area contributed by atoms with Crippen molar-refractivity contribution < 1.29 is 9.53 Å². The maximum atomic E-state index is 10.7. The Morgan fingerprint density at radius 2 is 2.14 bits per heavy atom. The third-order valence-electron chi connectivity index (χ3n) is 2.74. The Morgan fingerprint density at radius 1 is 1.43 bits per heavy atom. The van der Waals surface area contributed by atoms with Crippen LogP contribution in [0, 0.1) is 6.92 Å². The summed E-state index contributed by atoms with van der Waals surface area (Å²) in [6.45, 7) is 6.94. The van der Waals surface area contributed by atoms with E-state index in [1.54, 1.807) is 0 Å². The molecule has 0 saturated carbocycles. The highest BCUT2D eigenvalue weighted by atomic mass is 16.5. The van der Waals surface area contributed by atoms with Crippen LogP contribution in [0.25, 0.3) is 0 Å². The summed E-state index contributed by atoms with van der Waals surface area (Å²) in [5, 5.41) is 0. The van der Waals surface area contributed by atoms with Gasteiger partial charge in [0, 0.05) is 16.5 Å². The van der Waals surface area contributed by atoms with Gasteiger partial charge in [-0.25, -0.2) is 0 Å². The van der Waals surface area contributed by atoms with Gasteiger partial charge in [-0.2, -0.15) is 0 Å². The molecule has 1 aliphatic rings. The standard InChI is InChI=1S/C12H14O2/c1-8-4-9(6-13)5-10-11(8)14-7-12(10,2)3/h4-6H,7H2,1-3H3. The first-order valence-electron chi connectivity index (χ1n) is 4.78. The second-order valence-electron chi connectivity index (χ2n) is 4.50. The summed E-state index contributed by atoms with van der Waals surface area (Å²) < 4.78 is 5.63. The van der Waals surface area contributed by atoms with Gasteiger partial charge in [0.1, 0.15) is 12.0 Å². The smallest absolute Gasteiger partial charge is 0.150 e. The molecule has 0 aliphatic carbocycles. The van der Waals surface area contributed by atoms with Crippen LogP contribution in [0.15, 0.2) is 12.1 Å². The highest BCUT2D eigenvalue weighted by molar-refractivity contribution is 5.77. The van der Waals surface area contributed by atoms with Crippen LogP contribution in [0.5, 0.6) is 5.75 Å². The van der Waals surface area contributed by atoms with Crippen LogP contribution >= 0.6 is 0 Å². The molecule has 1 heterocycles. The lowest BCUT2D eigenvalue weighted by Gasteiger charge is -2.15. The number of carbonyl (C=O) groups is 1. The Bertz CT molecular complexity index is 392. The number of hydrogen-bond acceptors (Lipinski definition) is 2. The van der Waals surface area contributed by atoms with Crippen LogP contribution in [0.4, 0.5) is 0 Å².